The van der Waals surface area contributed by atoms with Crippen LogP contribution in [0.1, 0.15) is 20.8 Å². The summed E-state index contributed by atoms with van der Waals surface area (Å²) in [5.74, 6) is 0. The number of nitrogens with one attached hydrogen (secondary N) is 1. The Morgan fingerprint density at radius 2 is 2.22 bits per heavy atom. The molecule has 0 unspecified atom stereocenters. The van der Waals surface area contributed by atoms with E-state index in [1.54, 1.807) is 0 Å². The number of nitriles is 1. The minimum Gasteiger partial charge on any atom is -0.386 e. The molecule has 0 spiro atoms. The van der Waals surface area contributed by atoms with Crippen LogP contribution in [0.5, 0.6) is 0 Å². The van der Waals surface area contributed by atoms with Gasteiger partial charge in [0.2, 0.25) is 0 Å². The highest BCUT2D eigenvalue weighted by atomic mass is 14.9. The fourth-order valence-corrected chi connectivity index (χ4v) is 0.594. The van der Waals surface area contributed by atoms with E-state index in [1.807, 2.05) is 26.8 Å². The first-order chi connectivity index (χ1) is 4.16. The van der Waals surface area contributed by atoms with Crippen LogP contribution in [-0.4, -0.2) is 6.04 Å². The number of allylic oxidation sites excluding steroid dienone is 2. The molecule has 0 aromatic heterocycles. The summed E-state index contributed by atoms with van der Waals surface area (Å²) in [4.78, 5) is 0. The summed E-state index contributed by atoms with van der Waals surface area (Å²) in [6.07, 6.45) is 1.50. The van der Waals surface area contributed by atoms with Gasteiger partial charge in [0.05, 0.1) is 6.07 Å². The second-order valence-electron chi connectivity index (χ2n) is 2.26. The van der Waals surface area contributed by atoms with Gasteiger partial charge in [0.1, 0.15) is 0 Å². The number of rotatable bonds is 2. The van der Waals surface area contributed by atoms with E-state index in [0.717, 1.165) is 5.70 Å². The number of hydrogen-bond donors (Lipinski definition) is 1. The quantitative estimate of drug-likeness (QED) is 0.565. The van der Waals surface area contributed by atoms with Gasteiger partial charge in [-0.05, 0) is 20.8 Å². The standard InChI is InChI=1S/C7H12N2/c1-6(2)9-7(3)4-5-8/h4,6,9H,1-3H3/b7-4+. The molecule has 2 nitrogen and oxygen atoms in total. The molecule has 9 heavy (non-hydrogen) atoms. The molecule has 1 N–H and O–H groups in total. The number of hydrogen-bond acceptors (Lipinski definition) is 2. The van der Waals surface area contributed by atoms with Gasteiger partial charge in [-0.2, -0.15) is 5.26 Å². The summed E-state index contributed by atoms with van der Waals surface area (Å²) in [7, 11) is 0. The second kappa shape index (κ2) is 3.96. The Labute approximate surface area is 56.2 Å². The lowest BCUT2D eigenvalue weighted by atomic mass is 10.3. The average Bonchev–Trinajstić information content (AvgIpc) is 1.63. The lowest BCUT2D eigenvalue weighted by Gasteiger charge is -2.07. The minimum absolute atomic E-state index is 0.412. The Bertz CT molecular complexity index is 139. The highest BCUT2D eigenvalue weighted by molar-refractivity contribution is 5.09. The topological polar surface area (TPSA) is 35.8 Å². The SMILES string of the molecule is C/C(=C\C#N)NC(C)C. The van der Waals surface area contributed by atoms with Crippen molar-refractivity contribution in [3.8, 4) is 6.07 Å². The van der Waals surface area contributed by atoms with E-state index >= 15 is 0 Å². The van der Waals surface area contributed by atoms with Gasteiger partial charge in [-0.1, -0.05) is 0 Å². The smallest absolute Gasteiger partial charge is 0.0930 e. The molecule has 0 fully saturated rings. The molecule has 0 amide bonds. The van der Waals surface area contributed by atoms with Crippen molar-refractivity contribution in [1.82, 2.24) is 5.32 Å². The van der Waals surface area contributed by atoms with Crippen molar-refractivity contribution in [2.75, 3.05) is 0 Å². The summed E-state index contributed by atoms with van der Waals surface area (Å²) in [5.41, 5.74) is 0.924. The molecule has 0 saturated carbocycles. The molecular formula is C7H12N2. The molecule has 0 aliphatic carbocycles. The molecule has 0 atom stereocenters. The summed E-state index contributed by atoms with van der Waals surface area (Å²) >= 11 is 0. The maximum Gasteiger partial charge on any atom is 0.0930 e. The van der Waals surface area contributed by atoms with Crippen LogP contribution in [0.15, 0.2) is 11.8 Å². The van der Waals surface area contributed by atoms with Crippen LogP contribution in [0.3, 0.4) is 0 Å². The molecular weight excluding hydrogens is 112 g/mol. The lowest BCUT2D eigenvalue weighted by Crippen LogP contribution is -2.19. The summed E-state index contributed by atoms with van der Waals surface area (Å²) < 4.78 is 0. The first-order valence-corrected chi connectivity index (χ1v) is 2.99. The van der Waals surface area contributed by atoms with Gasteiger partial charge in [0.15, 0.2) is 0 Å². The molecule has 0 aromatic rings. The van der Waals surface area contributed by atoms with E-state index in [1.165, 1.54) is 6.08 Å². The average molecular weight is 124 g/mol. The van der Waals surface area contributed by atoms with Crippen LogP contribution >= 0.6 is 0 Å². The predicted octanol–water partition coefficient (Wildman–Crippen LogP) is 1.41. The Morgan fingerprint density at radius 3 is 2.56 bits per heavy atom. The summed E-state index contributed by atoms with van der Waals surface area (Å²) in [6.45, 7) is 5.95. The van der Waals surface area contributed by atoms with Gasteiger partial charge in [-0.15, -0.1) is 0 Å². The van der Waals surface area contributed by atoms with E-state index in [9.17, 15) is 0 Å². The van der Waals surface area contributed by atoms with Crippen molar-refractivity contribution < 1.29 is 0 Å². The van der Waals surface area contributed by atoms with Gasteiger partial charge in [-0.3, -0.25) is 0 Å². The highest BCUT2D eigenvalue weighted by Crippen LogP contribution is 1.87. The van der Waals surface area contributed by atoms with Crippen molar-refractivity contribution in [1.29, 1.82) is 5.26 Å². The summed E-state index contributed by atoms with van der Waals surface area (Å²) in [5, 5.41) is 11.3. The zero-order chi connectivity index (χ0) is 7.28. The van der Waals surface area contributed by atoms with E-state index in [4.69, 9.17) is 5.26 Å². The van der Waals surface area contributed by atoms with E-state index < -0.39 is 0 Å². The van der Waals surface area contributed by atoms with Crippen LogP contribution in [0.25, 0.3) is 0 Å². The summed E-state index contributed by atoms with van der Waals surface area (Å²) in [6, 6.07) is 2.36. The molecule has 0 rings (SSSR count). The van der Waals surface area contributed by atoms with Gasteiger partial charge in [0.25, 0.3) is 0 Å². The van der Waals surface area contributed by atoms with E-state index in [-0.39, 0.29) is 0 Å². The van der Waals surface area contributed by atoms with Gasteiger partial charge < -0.3 is 5.32 Å². The van der Waals surface area contributed by atoms with Crippen LogP contribution in [0.2, 0.25) is 0 Å². The van der Waals surface area contributed by atoms with Crippen LogP contribution in [0.4, 0.5) is 0 Å². The first-order valence-electron chi connectivity index (χ1n) is 2.99. The van der Waals surface area contributed by atoms with Gasteiger partial charge in [0, 0.05) is 17.8 Å². The third-order valence-electron chi connectivity index (χ3n) is 0.797. The molecule has 0 radical (unpaired) electrons. The molecule has 0 saturated heterocycles. The molecule has 50 valence electrons. The van der Waals surface area contributed by atoms with Crippen LogP contribution in [-0.2, 0) is 0 Å². The molecule has 0 aromatic carbocycles. The largest absolute Gasteiger partial charge is 0.386 e. The van der Waals surface area contributed by atoms with Gasteiger partial charge in [-0.25, -0.2) is 0 Å². The predicted molar refractivity (Wildman–Crippen MR) is 37.6 cm³/mol. The Hall–Kier alpha value is -0.970. The Kier molecular flexibility index (Phi) is 3.54. The third-order valence-corrected chi connectivity index (χ3v) is 0.797. The maximum atomic E-state index is 8.18. The van der Waals surface area contributed by atoms with Crippen LogP contribution in [0, 0.1) is 11.3 Å². The van der Waals surface area contributed by atoms with Crippen molar-refractivity contribution in [3.05, 3.63) is 11.8 Å². The highest BCUT2D eigenvalue weighted by Gasteiger charge is 1.89. The van der Waals surface area contributed by atoms with Crippen molar-refractivity contribution in [2.45, 2.75) is 26.8 Å². The van der Waals surface area contributed by atoms with E-state index in [2.05, 4.69) is 5.32 Å². The van der Waals surface area contributed by atoms with Gasteiger partial charge >= 0.3 is 0 Å². The Balaban J connectivity index is 3.66. The normalized spacial score (nSPS) is 11.2. The molecule has 0 heterocycles. The fraction of sp³-hybridized carbons (Fsp3) is 0.571. The maximum absolute atomic E-state index is 8.18. The number of nitrogens with zero attached hydrogens (tertiary/aromatic N) is 1. The fourth-order valence-electron chi connectivity index (χ4n) is 0.594. The lowest BCUT2D eigenvalue weighted by molar-refractivity contribution is 0.670. The monoisotopic (exact) mass is 124 g/mol. The van der Waals surface area contributed by atoms with Crippen LogP contribution < -0.4 is 5.32 Å². The molecule has 2 heteroatoms. The zero-order valence-electron chi connectivity index (χ0n) is 6.10. The third kappa shape index (κ3) is 4.89. The minimum atomic E-state index is 0.412. The zero-order valence-corrected chi connectivity index (χ0v) is 6.10. The Morgan fingerprint density at radius 1 is 1.67 bits per heavy atom. The van der Waals surface area contributed by atoms with Crippen molar-refractivity contribution in [3.63, 3.8) is 0 Å². The molecule has 0 aliphatic rings. The molecule has 0 bridgehead atoms. The van der Waals surface area contributed by atoms with Crippen molar-refractivity contribution in [2.24, 2.45) is 0 Å². The molecule has 0 aliphatic heterocycles. The second-order valence-corrected chi connectivity index (χ2v) is 2.26. The van der Waals surface area contributed by atoms with Crippen molar-refractivity contribution >= 4 is 0 Å². The van der Waals surface area contributed by atoms with E-state index in [0.29, 0.717) is 6.04 Å². The first kappa shape index (κ1) is 8.03.